The molecule has 0 amide bonds. The van der Waals surface area contributed by atoms with Gasteiger partial charge in [0.25, 0.3) is 0 Å². The zero-order valence-corrected chi connectivity index (χ0v) is 12.0. The fourth-order valence-electron chi connectivity index (χ4n) is 1.83. The van der Waals surface area contributed by atoms with Crippen molar-refractivity contribution in [3.63, 3.8) is 0 Å². The molecule has 3 aromatic rings. The Morgan fingerprint density at radius 1 is 1.38 bits per heavy atom. The summed E-state index contributed by atoms with van der Waals surface area (Å²) in [5, 5.41) is 17.0. The molecule has 21 heavy (non-hydrogen) atoms. The standard InChI is InChI=1S/C13H11N7S/c1-21-13-18-11-10(5-14)8-17-20(11)12(19-13)16-7-9-3-2-4-15-6-9/h2-4,6,8H,7H2,1H3,(H,16,18,19). The highest BCUT2D eigenvalue weighted by molar-refractivity contribution is 7.98. The summed E-state index contributed by atoms with van der Waals surface area (Å²) in [4.78, 5) is 12.8. The minimum absolute atomic E-state index is 0.428. The lowest BCUT2D eigenvalue weighted by atomic mass is 10.3. The number of hydrogen-bond acceptors (Lipinski definition) is 7. The number of nitrogens with zero attached hydrogens (tertiary/aromatic N) is 6. The summed E-state index contributed by atoms with van der Waals surface area (Å²) in [6, 6.07) is 5.93. The van der Waals surface area contributed by atoms with Gasteiger partial charge in [-0.1, -0.05) is 17.8 Å². The molecule has 0 radical (unpaired) electrons. The quantitative estimate of drug-likeness (QED) is 0.733. The van der Waals surface area contributed by atoms with Crippen LogP contribution in [0.1, 0.15) is 11.1 Å². The van der Waals surface area contributed by atoms with Crippen LogP contribution in [0.15, 0.2) is 35.9 Å². The van der Waals surface area contributed by atoms with Crippen LogP contribution < -0.4 is 5.32 Å². The summed E-state index contributed by atoms with van der Waals surface area (Å²) in [7, 11) is 0. The van der Waals surface area contributed by atoms with Gasteiger partial charge in [0.05, 0.1) is 6.20 Å². The average Bonchev–Trinajstić information content (AvgIpc) is 2.96. The lowest BCUT2D eigenvalue weighted by molar-refractivity contribution is 0.830. The van der Waals surface area contributed by atoms with Crippen molar-refractivity contribution in [1.82, 2.24) is 24.6 Å². The maximum atomic E-state index is 9.09. The molecule has 3 aromatic heterocycles. The summed E-state index contributed by atoms with van der Waals surface area (Å²) in [5.74, 6) is 0.551. The first kappa shape index (κ1) is 13.3. The third-order valence-electron chi connectivity index (χ3n) is 2.82. The van der Waals surface area contributed by atoms with Crippen molar-refractivity contribution in [3.8, 4) is 6.07 Å². The van der Waals surface area contributed by atoms with Crippen LogP contribution in [-0.4, -0.2) is 30.8 Å². The molecule has 0 unspecified atom stereocenters. The Morgan fingerprint density at radius 3 is 3.00 bits per heavy atom. The summed E-state index contributed by atoms with van der Waals surface area (Å²) in [5.41, 5.74) is 1.96. The maximum absolute atomic E-state index is 9.09. The average molecular weight is 297 g/mol. The van der Waals surface area contributed by atoms with Gasteiger partial charge in [-0.25, -0.2) is 4.98 Å². The molecule has 0 aromatic carbocycles. The Balaban J connectivity index is 1.97. The SMILES string of the molecule is CSc1nc(NCc2cccnc2)n2ncc(C#N)c2n1. The summed E-state index contributed by atoms with van der Waals surface area (Å²) in [6.07, 6.45) is 6.89. The Labute approximate surface area is 125 Å². The highest BCUT2D eigenvalue weighted by Crippen LogP contribution is 2.17. The van der Waals surface area contributed by atoms with Gasteiger partial charge in [-0.15, -0.1) is 0 Å². The Morgan fingerprint density at radius 2 is 2.29 bits per heavy atom. The molecular weight excluding hydrogens is 286 g/mol. The predicted molar refractivity (Wildman–Crippen MR) is 78.8 cm³/mol. The van der Waals surface area contributed by atoms with Gasteiger partial charge in [-0.2, -0.15) is 19.9 Å². The first-order valence-corrected chi connectivity index (χ1v) is 7.37. The first-order chi connectivity index (χ1) is 10.3. The van der Waals surface area contributed by atoms with Crippen molar-refractivity contribution in [2.45, 2.75) is 11.7 Å². The number of aromatic nitrogens is 5. The molecule has 0 bridgehead atoms. The van der Waals surface area contributed by atoms with E-state index in [-0.39, 0.29) is 0 Å². The zero-order chi connectivity index (χ0) is 14.7. The van der Waals surface area contributed by atoms with E-state index in [0.717, 1.165) is 5.56 Å². The minimum Gasteiger partial charge on any atom is -0.350 e. The van der Waals surface area contributed by atoms with E-state index in [0.29, 0.717) is 28.9 Å². The Hall–Kier alpha value is -2.66. The molecular formula is C13H11N7S. The molecule has 1 N–H and O–H groups in total. The fourth-order valence-corrected chi connectivity index (χ4v) is 2.18. The molecule has 0 aliphatic rings. The summed E-state index contributed by atoms with van der Waals surface area (Å²) < 4.78 is 1.54. The molecule has 0 aliphatic carbocycles. The van der Waals surface area contributed by atoms with E-state index in [1.54, 1.807) is 12.4 Å². The monoisotopic (exact) mass is 297 g/mol. The van der Waals surface area contributed by atoms with Crippen molar-refractivity contribution < 1.29 is 0 Å². The maximum Gasteiger partial charge on any atom is 0.228 e. The lowest BCUT2D eigenvalue weighted by Gasteiger charge is -2.08. The Kier molecular flexibility index (Phi) is 3.66. The smallest absolute Gasteiger partial charge is 0.228 e. The molecule has 3 heterocycles. The molecule has 0 saturated heterocycles. The van der Waals surface area contributed by atoms with Crippen molar-refractivity contribution in [1.29, 1.82) is 5.26 Å². The van der Waals surface area contributed by atoms with Crippen molar-refractivity contribution in [2.75, 3.05) is 11.6 Å². The second-order valence-electron chi connectivity index (χ2n) is 4.15. The first-order valence-electron chi connectivity index (χ1n) is 6.14. The number of fused-ring (bicyclic) bond motifs is 1. The number of anilines is 1. The second-order valence-corrected chi connectivity index (χ2v) is 4.93. The van der Waals surface area contributed by atoms with Gasteiger partial charge in [0.1, 0.15) is 11.6 Å². The van der Waals surface area contributed by atoms with Crippen molar-refractivity contribution >= 4 is 23.4 Å². The van der Waals surface area contributed by atoms with Gasteiger partial charge in [-0.05, 0) is 17.9 Å². The van der Waals surface area contributed by atoms with Gasteiger partial charge in [-0.3, -0.25) is 4.98 Å². The zero-order valence-electron chi connectivity index (χ0n) is 11.2. The molecule has 0 atom stereocenters. The Bertz CT molecular complexity index is 806. The number of rotatable bonds is 4. The number of nitriles is 1. The number of thioether (sulfide) groups is 1. The molecule has 8 heteroatoms. The number of nitrogens with one attached hydrogen (secondary N) is 1. The van der Waals surface area contributed by atoms with Crippen molar-refractivity contribution in [2.24, 2.45) is 0 Å². The number of hydrogen-bond donors (Lipinski definition) is 1. The van der Waals surface area contributed by atoms with Crippen LogP contribution >= 0.6 is 11.8 Å². The third kappa shape index (κ3) is 2.64. The predicted octanol–water partition coefficient (Wildman–Crippen LogP) is 1.72. The van der Waals surface area contributed by atoms with E-state index in [2.05, 4.69) is 31.4 Å². The van der Waals surface area contributed by atoms with Crippen LogP contribution in [-0.2, 0) is 6.54 Å². The summed E-state index contributed by atoms with van der Waals surface area (Å²) in [6.45, 7) is 0.565. The van der Waals surface area contributed by atoms with Gasteiger partial charge in [0, 0.05) is 18.9 Å². The highest BCUT2D eigenvalue weighted by atomic mass is 32.2. The van der Waals surface area contributed by atoms with E-state index in [1.165, 1.54) is 22.5 Å². The van der Waals surface area contributed by atoms with Gasteiger partial charge in [0.2, 0.25) is 5.95 Å². The van der Waals surface area contributed by atoms with E-state index in [9.17, 15) is 0 Å². The lowest BCUT2D eigenvalue weighted by Crippen LogP contribution is -2.09. The molecule has 3 rings (SSSR count). The summed E-state index contributed by atoms with van der Waals surface area (Å²) >= 11 is 1.42. The molecule has 104 valence electrons. The largest absolute Gasteiger partial charge is 0.350 e. The van der Waals surface area contributed by atoms with E-state index in [4.69, 9.17) is 5.26 Å². The van der Waals surface area contributed by atoms with Crippen LogP contribution in [0.3, 0.4) is 0 Å². The topological polar surface area (TPSA) is 91.8 Å². The van der Waals surface area contributed by atoms with Gasteiger partial charge >= 0.3 is 0 Å². The van der Waals surface area contributed by atoms with E-state index < -0.39 is 0 Å². The molecule has 0 spiro atoms. The van der Waals surface area contributed by atoms with E-state index in [1.807, 2.05) is 18.4 Å². The molecule has 0 fully saturated rings. The molecule has 0 aliphatic heterocycles. The fraction of sp³-hybridized carbons (Fsp3) is 0.154. The van der Waals surface area contributed by atoms with Crippen molar-refractivity contribution in [3.05, 3.63) is 41.9 Å². The van der Waals surface area contributed by atoms with Gasteiger partial charge < -0.3 is 5.32 Å². The molecule has 0 saturated carbocycles. The third-order valence-corrected chi connectivity index (χ3v) is 3.37. The molecule has 7 nitrogen and oxygen atoms in total. The highest BCUT2D eigenvalue weighted by Gasteiger charge is 2.12. The van der Waals surface area contributed by atoms with E-state index >= 15 is 0 Å². The second kappa shape index (κ2) is 5.76. The van der Waals surface area contributed by atoms with Crippen LogP contribution in [0, 0.1) is 11.3 Å². The number of pyridine rings is 1. The van der Waals surface area contributed by atoms with Crippen LogP contribution in [0.25, 0.3) is 5.65 Å². The van der Waals surface area contributed by atoms with Crippen LogP contribution in [0.5, 0.6) is 0 Å². The minimum atomic E-state index is 0.428. The van der Waals surface area contributed by atoms with Gasteiger partial charge in [0.15, 0.2) is 10.8 Å². The van der Waals surface area contributed by atoms with Crippen LogP contribution in [0.2, 0.25) is 0 Å². The van der Waals surface area contributed by atoms with Crippen LogP contribution in [0.4, 0.5) is 5.95 Å². The normalized spacial score (nSPS) is 10.5.